The van der Waals surface area contributed by atoms with Gasteiger partial charge < -0.3 is 14.8 Å². The van der Waals surface area contributed by atoms with Gasteiger partial charge in [0.2, 0.25) is 5.95 Å². The second-order valence-corrected chi connectivity index (χ2v) is 7.72. The van der Waals surface area contributed by atoms with Crippen LogP contribution >= 0.6 is 15.9 Å². The number of amides is 1. The molecule has 0 spiro atoms. The Morgan fingerprint density at radius 3 is 2.35 bits per heavy atom. The molecule has 1 atom stereocenters. The third-order valence-electron chi connectivity index (χ3n) is 4.99. The number of carbonyl (C=O) groups is 1. The maximum atomic E-state index is 13.4. The number of nitrogens with zero attached hydrogens (tertiary/aromatic N) is 1. The lowest BCUT2D eigenvalue weighted by atomic mass is 9.98. The lowest BCUT2D eigenvalue weighted by Gasteiger charge is -2.17. The number of aromatic nitrogens is 1. The van der Waals surface area contributed by atoms with Crippen LogP contribution in [0, 0.1) is 12.9 Å². The van der Waals surface area contributed by atoms with Crippen LogP contribution in [0.3, 0.4) is 0 Å². The number of hydrogen-bond acceptors (Lipinski definition) is 4. The smallest absolute Gasteiger partial charge is 0.251 e. The van der Waals surface area contributed by atoms with E-state index in [0.717, 1.165) is 22.3 Å². The molecule has 0 fully saturated rings. The molecular formula is C24H24BrFN2O3. The first-order chi connectivity index (χ1) is 14.8. The second-order valence-electron chi connectivity index (χ2n) is 7.16. The number of ether oxygens (including phenoxy) is 2. The van der Waals surface area contributed by atoms with Gasteiger partial charge in [-0.15, -0.1) is 0 Å². The number of methoxy groups -OCH3 is 2. The Morgan fingerprint density at radius 2 is 1.77 bits per heavy atom. The van der Waals surface area contributed by atoms with Gasteiger partial charge in [-0.05, 0) is 66.9 Å². The lowest BCUT2D eigenvalue weighted by Crippen LogP contribution is -2.26. The zero-order valence-corrected chi connectivity index (χ0v) is 19.4. The number of alkyl halides is 1. The van der Waals surface area contributed by atoms with E-state index in [4.69, 9.17) is 9.47 Å². The van der Waals surface area contributed by atoms with Gasteiger partial charge in [0.1, 0.15) is 11.5 Å². The van der Waals surface area contributed by atoms with Gasteiger partial charge in [-0.1, -0.05) is 22.0 Å². The summed E-state index contributed by atoms with van der Waals surface area (Å²) in [5.41, 5.74) is 4.46. The fourth-order valence-corrected chi connectivity index (χ4v) is 3.66. The van der Waals surface area contributed by atoms with Crippen molar-refractivity contribution in [3.63, 3.8) is 0 Å². The van der Waals surface area contributed by atoms with E-state index in [1.165, 1.54) is 6.07 Å². The van der Waals surface area contributed by atoms with Crippen molar-refractivity contribution in [2.75, 3.05) is 14.2 Å². The van der Waals surface area contributed by atoms with Crippen molar-refractivity contribution in [2.24, 2.45) is 0 Å². The number of benzene rings is 2. The number of halogens is 2. The molecule has 0 saturated heterocycles. The molecule has 0 aliphatic carbocycles. The van der Waals surface area contributed by atoms with E-state index >= 15 is 0 Å². The molecule has 2 aromatic carbocycles. The van der Waals surface area contributed by atoms with E-state index in [0.29, 0.717) is 28.1 Å². The van der Waals surface area contributed by atoms with Crippen molar-refractivity contribution >= 4 is 21.8 Å². The number of rotatable bonds is 7. The normalized spacial score (nSPS) is 11.7. The third-order valence-corrected chi connectivity index (χ3v) is 5.64. The molecule has 0 saturated carbocycles. The highest BCUT2D eigenvalue weighted by molar-refractivity contribution is 9.08. The van der Waals surface area contributed by atoms with Crippen LogP contribution in [0.15, 0.2) is 48.5 Å². The molecule has 0 aliphatic heterocycles. The summed E-state index contributed by atoms with van der Waals surface area (Å²) in [7, 11) is 3.17. The monoisotopic (exact) mass is 486 g/mol. The van der Waals surface area contributed by atoms with Gasteiger partial charge in [-0.25, -0.2) is 4.98 Å². The van der Waals surface area contributed by atoms with Crippen LogP contribution in [0.25, 0.3) is 11.1 Å². The topological polar surface area (TPSA) is 60.5 Å². The summed E-state index contributed by atoms with van der Waals surface area (Å²) in [4.78, 5) is 17.0. The average molecular weight is 487 g/mol. The summed E-state index contributed by atoms with van der Waals surface area (Å²) in [6.45, 7) is 3.65. The van der Waals surface area contributed by atoms with Crippen LogP contribution in [0.4, 0.5) is 4.39 Å². The molecular weight excluding hydrogens is 463 g/mol. The van der Waals surface area contributed by atoms with Crippen LogP contribution in [0.5, 0.6) is 11.5 Å². The summed E-state index contributed by atoms with van der Waals surface area (Å²) in [5.74, 6) is 0.557. The van der Waals surface area contributed by atoms with Crippen LogP contribution < -0.4 is 14.8 Å². The third kappa shape index (κ3) is 5.41. The first-order valence-corrected chi connectivity index (χ1v) is 10.8. The SMILES string of the molecule is COc1cc(OC)cc(C(C)NC(=O)c2cc(CBr)cc(-c3ccc(F)nc3C)c2)c1. The number of pyridine rings is 1. The predicted molar refractivity (Wildman–Crippen MR) is 122 cm³/mol. The molecule has 3 rings (SSSR count). The summed E-state index contributed by atoms with van der Waals surface area (Å²) in [6.07, 6.45) is 0. The van der Waals surface area contributed by atoms with Crippen LogP contribution in [-0.2, 0) is 5.33 Å². The maximum absolute atomic E-state index is 13.4. The van der Waals surface area contributed by atoms with Gasteiger partial charge in [0.05, 0.1) is 20.3 Å². The first-order valence-electron chi connectivity index (χ1n) is 9.72. The molecule has 1 amide bonds. The van der Waals surface area contributed by atoms with E-state index in [1.807, 2.05) is 31.2 Å². The standard InChI is InChI=1S/C24H24BrFN2O3/c1-14(17-10-20(30-3)12-21(11-17)31-4)28-24(29)19-8-16(13-25)7-18(9-19)22-5-6-23(26)27-15(22)2/h5-12,14H,13H2,1-4H3,(H,28,29). The van der Waals surface area contributed by atoms with E-state index in [-0.39, 0.29) is 11.9 Å². The number of hydrogen-bond donors (Lipinski definition) is 1. The lowest BCUT2D eigenvalue weighted by molar-refractivity contribution is 0.0939. The number of nitrogens with one attached hydrogen (secondary N) is 1. The van der Waals surface area contributed by atoms with Gasteiger partial charge in [0.15, 0.2) is 0 Å². The molecule has 5 nitrogen and oxygen atoms in total. The summed E-state index contributed by atoms with van der Waals surface area (Å²) < 4.78 is 24.1. The Morgan fingerprint density at radius 1 is 1.10 bits per heavy atom. The molecule has 3 aromatic rings. The van der Waals surface area contributed by atoms with Crippen molar-refractivity contribution in [3.8, 4) is 22.6 Å². The minimum Gasteiger partial charge on any atom is -0.497 e. The summed E-state index contributed by atoms with van der Waals surface area (Å²) in [6, 6.07) is 13.8. The molecule has 162 valence electrons. The van der Waals surface area contributed by atoms with Crippen molar-refractivity contribution in [3.05, 3.63) is 76.9 Å². The van der Waals surface area contributed by atoms with E-state index < -0.39 is 5.95 Å². The van der Waals surface area contributed by atoms with Gasteiger partial charge in [-0.3, -0.25) is 4.79 Å². The molecule has 1 aromatic heterocycles. The molecule has 1 heterocycles. The zero-order valence-electron chi connectivity index (χ0n) is 17.8. The Labute approximate surface area is 189 Å². The minimum absolute atomic E-state index is 0.217. The largest absolute Gasteiger partial charge is 0.497 e. The van der Waals surface area contributed by atoms with E-state index in [1.54, 1.807) is 39.3 Å². The Kier molecular flexibility index (Phi) is 7.28. The molecule has 0 bridgehead atoms. The second kappa shape index (κ2) is 9.92. The summed E-state index contributed by atoms with van der Waals surface area (Å²) >= 11 is 3.46. The molecule has 31 heavy (non-hydrogen) atoms. The molecule has 1 unspecified atom stereocenters. The maximum Gasteiger partial charge on any atom is 0.251 e. The Balaban J connectivity index is 1.91. The number of carbonyl (C=O) groups excluding carboxylic acids is 1. The number of aryl methyl sites for hydroxylation is 1. The van der Waals surface area contributed by atoms with E-state index in [9.17, 15) is 9.18 Å². The average Bonchev–Trinajstić information content (AvgIpc) is 2.78. The fraction of sp³-hybridized carbons (Fsp3) is 0.250. The highest BCUT2D eigenvalue weighted by atomic mass is 79.9. The van der Waals surface area contributed by atoms with E-state index in [2.05, 4.69) is 26.2 Å². The highest BCUT2D eigenvalue weighted by Gasteiger charge is 2.16. The predicted octanol–water partition coefficient (Wildman–Crippen LogP) is 5.60. The highest BCUT2D eigenvalue weighted by Crippen LogP contribution is 2.28. The van der Waals surface area contributed by atoms with Crippen LogP contribution in [-0.4, -0.2) is 25.1 Å². The van der Waals surface area contributed by atoms with Gasteiger partial charge in [0.25, 0.3) is 5.91 Å². The quantitative estimate of drug-likeness (QED) is 0.348. The zero-order chi connectivity index (χ0) is 22.5. The van der Waals surface area contributed by atoms with Crippen molar-refractivity contribution in [1.82, 2.24) is 10.3 Å². The van der Waals surface area contributed by atoms with Gasteiger partial charge in [-0.2, -0.15) is 4.39 Å². The first kappa shape index (κ1) is 22.7. The van der Waals surface area contributed by atoms with Gasteiger partial charge >= 0.3 is 0 Å². The molecule has 0 radical (unpaired) electrons. The van der Waals surface area contributed by atoms with Crippen LogP contribution in [0.1, 0.15) is 40.1 Å². The Hall–Kier alpha value is -2.93. The fourth-order valence-electron chi connectivity index (χ4n) is 3.33. The van der Waals surface area contributed by atoms with Gasteiger partial charge in [0, 0.05) is 28.2 Å². The molecule has 7 heteroatoms. The molecule has 1 N–H and O–H groups in total. The van der Waals surface area contributed by atoms with Crippen molar-refractivity contribution in [1.29, 1.82) is 0 Å². The summed E-state index contributed by atoms with van der Waals surface area (Å²) in [5, 5.41) is 3.61. The van der Waals surface area contributed by atoms with Crippen LogP contribution in [0.2, 0.25) is 0 Å². The van der Waals surface area contributed by atoms with Crippen molar-refractivity contribution in [2.45, 2.75) is 25.2 Å². The minimum atomic E-state index is -0.529. The molecule has 0 aliphatic rings. The van der Waals surface area contributed by atoms with Crippen molar-refractivity contribution < 1.29 is 18.7 Å². The Bertz CT molecular complexity index is 1080.